The van der Waals surface area contributed by atoms with Crippen molar-refractivity contribution in [3.05, 3.63) is 97.2 Å². The summed E-state index contributed by atoms with van der Waals surface area (Å²) in [6.07, 6.45) is 48.3. The molecule has 0 aromatic heterocycles. The number of quaternary nitrogens is 1. The van der Waals surface area contributed by atoms with Gasteiger partial charge < -0.3 is 28.8 Å². The molecule has 52 heavy (non-hydrogen) atoms. The zero-order chi connectivity index (χ0) is 38.6. The number of aliphatic hydroxyl groups is 1. The fraction of sp³-hybridized carbons (Fsp3) is 0.605. The van der Waals surface area contributed by atoms with Crippen LogP contribution in [0.4, 0.5) is 0 Å². The highest BCUT2D eigenvalue weighted by Gasteiger charge is 2.23. The first-order valence-corrected chi connectivity index (χ1v) is 21.1. The predicted molar refractivity (Wildman–Crippen MR) is 219 cm³/mol. The summed E-state index contributed by atoms with van der Waals surface area (Å²) in [6, 6.07) is -0.899. The molecule has 0 aromatic carbocycles. The van der Waals surface area contributed by atoms with Crippen LogP contribution in [0.15, 0.2) is 97.2 Å². The van der Waals surface area contributed by atoms with Gasteiger partial charge in [0.15, 0.2) is 0 Å². The van der Waals surface area contributed by atoms with E-state index in [0.717, 1.165) is 96.3 Å². The maximum atomic E-state index is 12.6. The van der Waals surface area contributed by atoms with Crippen molar-refractivity contribution in [3.8, 4) is 0 Å². The first-order chi connectivity index (χ1) is 25.0. The van der Waals surface area contributed by atoms with E-state index in [9.17, 15) is 19.4 Å². The van der Waals surface area contributed by atoms with E-state index in [2.05, 4.69) is 97.3 Å². The van der Waals surface area contributed by atoms with Crippen LogP contribution in [0.25, 0.3) is 0 Å². The summed E-state index contributed by atoms with van der Waals surface area (Å²) in [5, 5.41) is 13.4. The van der Waals surface area contributed by atoms with Crippen molar-refractivity contribution in [1.82, 2.24) is 5.32 Å². The van der Waals surface area contributed by atoms with Crippen molar-refractivity contribution in [2.75, 3.05) is 40.9 Å². The molecule has 0 aliphatic carbocycles. The Hall–Kier alpha value is -2.58. The Morgan fingerprint density at radius 1 is 0.692 bits per heavy atom. The van der Waals surface area contributed by atoms with Crippen molar-refractivity contribution in [3.63, 3.8) is 0 Å². The zero-order valence-corrected chi connectivity index (χ0v) is 34.1. The Kier molecular flexibility index (Phi) is 32.5. The van der Waals surface area contributed by atoms with E-state index in [0.29, 0.717) is 17.4 Å². The second-order valence-electron chi connectivity index (χ2n) is 13.9. The maximum Gasteiger partial charge on any atom is 0.268 e. The number of allylic oxidation sites excluding steroid dienone is 15. The Labute approximate surface area is 318 Å². The highest BCUT2D eigenvalue weighted by Crippen LogP contribution is 2.38. The number of amides is 1. The van der Waals surface area contributed by atoms with Gasteiger partial charge in [-0.1, -0.05) is 137 Å². The van der Waals surface area contributed by atoms with E-state index in [4.69, 9.17) is 9.05 Å². The third-order valence-corrected chi connectivity index (χ3v) is 8.75. The molecular formula is C43H73N2O6P. The van der Waals surface area contributed by atoms with Gasteiger partial charge >= 0.3 is 0 Å². The molecule has 296 valence electrons. The fourth-order valence-electron chi connectivity index (χ4n) is 4.67. The van der Waals surface area contributed by atoms with Gasteiger partial charge in [0.25, 0.3) is 7.82 Å². The molecular weight excluding hydrogens is 671 g/mol. The Morgan fingerprint density at radius 3 is 1.67 bits per heavy atom. The molecule has 1 amide bonds. The largest absolute Gasteiger partial charge is 0.756 e. The van der Waals surface area contributed by atoms with Gasteiger partial charge in [0, 0.05) is 6.42 Å². The van der Waals surface area contributed by atoms with Crippen molar-refractivity contribution < 1.29 is 32.9 Å². The van der Waals surface area contributed by atoms with Gasteiger partial charge in [-0.05, 0) is 70.6 Å². The number of hydrogen-bond acceptors (Lipinski definition) is 6. The van der Waals surface area contributed by atoms with Gasteiger partial charge in [0.2, 0.25) is 5.91 Å². The van der Waals surface area contributed by atoms with Crippen molar-refractivity contribution >= 4 is 13.7 Å². The van der Waals surface area contributed by atoms with Crippen LogP contribution in [0.5, 0.6) is 0 Å². The van der Waals surface area contributed by atoms with Crippen LogP contribution in [0.1, 0.15) is 117 Å². The zero-order valence-electron chi connectivity index (χ0n) is 33.2. The SMILES string of the molecule is CC/C=C\C/C=C\C/C=C\C/C=C\C/C=C\C/C=C\C/C=C\CCCCCCCC(=O)NC(COP(=O)([O-])OCC[N+](C)(C)C)C(O)/C=C/CCC. The number of carbonyl (C=O) groups excluding carboxylic acids is 1. The molecule has 0 radical (unpaired) electrons. The summed E-state index contributed by atoms with van der Waals surface area (Å²) >= 11 is 0. The smallest absolute Gasteiger partial charge is 0.268 e. The molecule has 0 aliphatic heterocycles. The molecule has 8 nitrogen and oxygen atoms in total. The first kappa shape index (κ1) is 49.4. The number of nitrogens with zero attached hydrogens (tertiary/aromatic N) is 1. The Morgan fingerprint density at radius 2 is 1.17 bits per heavy atom. The number of phosphoric ester groups is 1. The van der Waals surface area contributed by atoms with Crippen LogP contribution in [-0.2, 0) is 18.4 Å². The average Bonchev–Trinajstić information content (AvgIpc) is 3.09. The molecule has 0 heterocycles. The van der Waals surface area contributed by atoms with Crippen LogP contribution in [0.3, 0.4) is 0 Å². The molecule has 0 spiro atoms. The van der Waals surface area contributed by atoms with E-state index in [1.165, 1.54) is 0 Å². The number of aliphatic hydroxyl groups excluding tert-OH is 1. The number of carbonyl (C=O) groups is 1. The molecule has 0 fully saturated rings. The van der Waals surface area contributed by atoms with Crippen molar-refractivity contribution in [2.45, 2.75) is 129 Å². The molecule has 2 N–H and O–H groups in total. The van der Waals surface area contributed by atoms with Crippen molar-refractivity contribution in [2.24, 2.45) is 0 Å². The second kappa shape index (κ2) is 34.2. The lowest BCUT2D eigenvalue weighted by atomic mass is 10.1. The summed E-state index contributed by atoms with van der Waals surface area (Å²) in [4.78, 5) is 24.9. The monoisotopic (exact) mass is 745 g/mol. The van der Waals surface area contributed by atoms with Gasteiger partial charge in [-0.3, -0.25) is 9.36 Å². The number of phosphoric acid groups is 1. The topological polar surface area (TPSA) is 108 Å². The summed E-state index contributed by atoms with van der Waals surface area (Å²) in [7, 11) is 1.22. The third-order valence-electron chi connectivity index (χ3n) is 7.78. The average molecular weight is 745 g/mol. The number of nitrogens with one attached hydrogen (secondary N) is 1. The minimum Gasteiger partial charge on any atom is -0.756 e. The molecule has 0 aromatic rings. The lowest BCUT2D eigenvalue weighted by Gasteiger charge is -2.29. The van der Waals surface area contributed by atoms with Crippen LogP contribution in [0, 0.1) is 0 Å². The minimum absolute atomic E-state index is 0.0130. The molecule has 0 saturated carbocycles. The normalized spacial score (nSPS) is 15.6. The van der Waals surface area contributed by atoms with Crippen LogP contribution in [0.2, 0.25) is 0 Å². The molecule has 9 heteroatoms. The van der Waals surface area contributed by atoms with Gasteiger partial charge in [0.05, 0.1) is 39.9 Å². The summed E-state index contributed by atoms with van der Waals surface area (Å²) < 4.78 is 22.8. The summed E-state index contributed by atoms with van der Waals surface area (Å²) in [6.45, 7) is 4.25. The van der Waals surface area contributed by atoms with Gasteiger partial charge in [-0.25, -0.2) is 0 Å². The standard InChI is InChI=1S/C43H73N2O6P/c1-6-8-10-11-12-13-14-15-16-17-18-19-20-21-22-23-24-25-26-27-28-29-30-31-32-33-35-37-43(47)44-41(42(46)36-34-9-7-2)40-51-52(48,49)50-39-38-45(3,4)5/h8,10,12-13,15-16,18-19,21-22,24-25,27-28,34,36,41-42,46H,6-7,9,11,14,17,20,23,26,29-33,35,37-40H2,1-5H3,(H-,44,47,48,49)/b10-8-,13-12-,16-15-,19-18-,22-21-,25-24-,28-27-,36-34+. The predicted octanol–water partition coefficient (Wildman–Crippen LogP) is 9.77. The highest BCUT2D eigenvalue weighted by atomic mass is 31.2. The molecule has 0 saturated heterocycles. The first-order valence-electron chi connectivity index (χ1n) is 19.6. The number of unbranched alkanes of at least 4 members (excludes halogenated alkanes) is 6. The lowest BCUT2D eigenvalue weighted by Crippen LogP contribution is -2.45. The lowest BCUT2D eigenvalue weighted by molar-refractivity contribution is -0.870. The van der Waals surface area contributed by atoms with Gasteiger partial charge in [-0.2, -0.15) is 0 Å². The van der Waals surface area contributed by atoms with Gasteiger partial charge in [-0.15, -0.1) is 0 Å². The Bertz CT molecular complexity index is 1160. The number of likely N-dealkylation sites (N-methyl/N-ethyl adjacent to an activating group) is 1. The highest BCUT2D eigenvalue weighted by molar-refractivity contribution is 7.45. The fourth-order valence-corrected chi connectivity index (χ4v) is 5.39. The van der Waals surface area contributed by atoms with Crippen LogP contribution >= 0.6 is 7.82 Å². The number of hydrogen-bond donors (Lipinski definition) is 2. The summed E-state index contributed by atoms with van der Waals surface area (Å²) in [5.41, 5.74) is 0. The molecule has 3 atom stereocenters. The van der Waals surface area contributed by atoms with E-state index in [1.807, 2.05) is 34.1 Å². The number of rotatable bonds is 33. The third kappa shape index (κ3) is 35.8. The van der Waals surface area contributed by atoms with E-state index >= 15 is 0 Å². The molecule has 0 rings (SSSR count). The molecule has 3 unspecified atom stereocenters. The quantitative estimate of drug-likeness (QED) is 0.0300. The van der Waals surface area contributed by atoms with Crippen LogP contribution in [-0.4, -0.2) is 68.5 Å². The Balaban J connectivity index is 4.10. The summed E-state index contributed by atoms with van der Waals surface area (Å²) in [5.74, 6) is -0.236. The van der Waals surface area contributed by atoms with Crippen LogP contribution < -0.4 is 10.2 Å². The second-order valence-corrected chi connectivity index (χ2v) is 15.3. The molecule has 0 bridgehead atoms. The van der Waals surface area contributed by atoms with Gasteiger partial charge in [0.1, 0.15) is 13.2 Å². The maximum absolute atomic E-state index is 12.6. The van der Waals surface area contributed by atoms with E-state index < -0.39 is 26.6 Å². The minimum atomic E-state index is -4.57. The van der Waals surface area contributed by atoms with Crippen molar-refractivity contribution in [1.29, 1.82) is 0 Å². The molecule has 0 aliphatic rings. The van der Waals surface area contributed by atoms with E-state index in [1.54, 1.807) is 6.08 Å². The van der Waals surface area contributed by atoms with E-state index in [-0.39, 0.29) is 12.5 Å².